The Kier molecular flexibility index (Phi) is 8.32. The zero-order valence-corrected chi connectivity index (χ0v) is 16.4. The Morgan fingerprint density at radius 2 is 1.62 bits per heavy atom. The highest BCUT2D eigenvalue weighted by Gasteiger charge is 2.28. The van der Waals surface area contributed by atoms with Gasteiger partial charge in [0.2, 0.25) is 0 Å². The number of nitro benzene ring substituents is 1. The molecular formula is C20H25N3O6. The van der Waals surface area contributed by atoms with Gasteiger partial charge in [-0.3, -0.25) is 30.3 Å². The molecule has 0 bridgehead atoms. The van der Waals surface area contributed by atoms with E-state index in [9.17, 15) is 24.5 Å². The largest absolute Gasteiger partial charge is 0.487 e. The second-order valence-corrected chi connectivity index (χ2v) is 6.75. The maximum absolute atomic E-state index is 11.8. The molecule has 1 aliphatic rings. The number of rotatable bonds is 11. The molecule has 4 amide bonds. The second-order valence-electron chi connectivity index (χ2n) is 6.75. The fourth-order valence-electron chi connectivity index (χ4n) is 2.90. The Balaban J connectivity index is 1.99. The van der Waals surface area contributed by atoms with Crippen molar-refractivity contribution in [2.75, 3.05) is 6.61 Å². The van der Waals surface area contributed by atoms with Gasteiger partial charge < -0.3 is 4.74 Å². The summed E-state index contributed by atoms with van der Waals surface area (Å²) in [6.07, 6.45) is 8.97. The number of barbiturate groups is 1. The van der Waals surface area contributed by atoms with Gasteiger partial charge in [-0.25, -0.2) is 4.79 Å². The lowest BCUT2D eigenvalue weighted by atomic mass is 10.1. The standard InChI is InChI=1S/C20H25N3O6/c1-2-3-4-5-6-7-8-11-29-17-10-9-14(13-16(17)23(27)28)12-15-18(24)21-20(26)22-19(15)25/h9-10,12-13H,2-8,11H2,1H3,(H2,21,22,24,25,26). The van der Waals surface area contributed by atoms with Gasteiger partial charge in [0.1, 0.15) is 5.57 Å². The smallest absolute Gasteiger partial charge is 0.328 e. The highest BCUT2D eigenvalue weighted by molar-refractivity contribution is 6.31. The molecule has 0 atom stereocenters. The molecule has 1 saturated heterocycles. The summed E-state index contributed by atoms with van der Waals surface area (Å²) in [5.41, 5.74) is -0.291. The maximum atomic E-state index is 11.8. The van der Waals surface area contributed by atoms with Crippen molar-refractivity contribution in [3.05, 3.63) is 39.4 Å². The first-order valence-electron chi connectivity index (χ1n) is 9.72. The fourth-order valence-corrected chi connectivity index (χ4v) is 2.90. The zero-order valence-electron chi connectivity index (χ0n) is 16.4. The van der Waals surface area contributed by atoms with E-state index in [0.717, 1.165) is 19.3 Å². The minimum absolute atomic E-state index is 0.135. The summed E-state index contributed by atoms with van der Waals surface area (Å²) in [5.74, 6) is -1.59. The van der Waals surface area contributed by atoms with Gasteiger partial charge in [-0.05, 0) is 24.1 Å². The van der Waals surface area contributed by atoms with Crippen molar-refractivity contribution in [3.8, 4) is 5.75 Å². The van der Waals surface area contributed by atoms with Gasteiger partial charge in [-0.1, -0.05) is 51.5 Å². The average Bonchev–Trinajstić information content (AvgIpc) is 2.67. The molecule has 2 N–H and O–H groups in total. The first-order chi connectivity index (χ1) is 13.9. The van der Waals surface area contributed by atoms with E-state index in [-0.39, 0.29) is 22.6 Å². The van der Waals surface area contributed by atoms with Crippen molar-refractivity contribution in [2.45, 2.75) is 51.9 Å². The molecule has 9 nitrogen and oxygen atoms in total. The molecule has 1 aromatic rings. The molecule has 9 heteroatoms. The fraction of sp³-hybridized carbons (Fsp3) is 0.450. The second kappa shape index (κ2) is 10.9. The van der Waals surface area contributed by atoms with Gasteiger partial charge in [-0.15, -0.1) is 0 Å². The van der Waals surface area contributed by atoms with Gasteiger partial charge >= 0.3 is 11.7 Å². The summed E-state index contributed by atoms with van der Waals surface area (Å²) in [4.78, 5) is 45.4. The average molecular weight is 403 g/mol. The van der Waals surface area contributed by atoms with Gasteiger partial charge in [0.05, 0.1) is 11.5 Å². The first kappa shape index (κ1) is 22.1. The van der Waals surface area contributed by atoms with Crippen LogP contribution in [0.3, 0.4) is 0 Å². The number of ether oxygens (including phenoxy) is 1. The Bertz CT molecular complexity index is 796. The third-order valence-corrected chi connectivity index (χ3v) is 4.44. The van der Waals surface area contributed by atoms with Crippen LogP contribution in [0.5, 0.6) is 5.75 Å². The van der Waals surface area contributed by atoms with E-state index in [2.05, 4.69) is 6.92 Å². The van der Waals surface area contributed by atoms with E-state index in [1.165, 1.54) is 50.0 Å². The van der Waals surface area contributed by atoms with Gasteiger partial charge in [-0.2, -0.15) is 0 Å². The normalized spacial score (nSPS) is 13.7. The number of urea groups is 1. The van der Waals surface area contributed by atoms with Crippen LogP contribution < -0.4 is 15.4 Å². The highest BCUT2D eigenvalue weighted by Crippen LogP contribution is 2.29. The highest BCUT2D eigenvalue weighted by atomic mass is 16.6. The van der Waals surface area contributed by atoms with Crippen LogP contribution in [0, 0.1) is 10.1 Å². The van der Waals surface area contributed by atoms with E-state index in [1.807, 2.05) is 10.6 Å². The van der Waals surface area contributed by atoms with Crippen LogP contribution in [-0.2, 0) is 9.59 Å². The number of carbonyl (C=O) groups excluding carboxylic acids is 3. The third-order valence-electron chi connectivity index (χ3n) is 4.44. The molecule has 1 fully saturated rings. The quantitative estimate of drug-likeness (QED) is 0.191. The SMILES string of the molecule is CCCCCCCCCOc1ccc(C=C2C(=O)NC(=O)NC2=O)cc1[N+](=O)[O-]. The van der Waals surface area contributed by atoms with Crippen LogP contribution in [0.2, 0.25) is 0 Å². The Morgan fingerprint density at radius 1 is 1.00 bits per heavy atom. The predicted molar refractivity (Wildman–Crippen MR) is 106 cm³/mol. The summed E-state index contributed by atoms with van der Waals surface area (Å²) in [6, 6.07) is 3.27. The molecule has 29 heavy (non-hydrogen) atoms. The van der Waals surface area contributed by atoms with E-state index >= 15 is 0 Å². The molecule has 0 aliphatic carbocycles. The molecule has 1 aromatic carbocycles. The van der Waals surface area contributed by atoms with Crippen molar-refractivity contribution in [2.24, 2.45) is 0 Å². The molecule has 2 rings (SSSR count). The molecular weight excluding hydrogens is 378 g/mol. The molecule has 0 aromatic heterocycles. The number of hydrogen-bond donors (Lipinski definition) is 2. The van der Waals surface area contributed by atoms with E-state index in [4.69, 9.17) is 4.74 Å². The van der Waals surface area contributed by atoms with Gasteiger partial charge in [0, 0.05) is 6.07 Å². The number of imide groups is 2. The van der Waals surface area contributed by atoms with Crippen molar-refractivity contribution in [3.63, 3.8) is 0 Å². The topological polar surface area (TPSA) is 128 Å². The summed E-state index contributed by atoms with van der Waals surface area (Å²) in [7, 11) is 0. The van der Waals surface area contributed by atoms with Gasteiger partial charge in [0.25, 0.3) is 11.8 Å². The number of nitrogens with zero attached hydrogens (tertiary/aromatic N) is 1. The Morgan fingerprint density at radius 3 is 2.24 bits per heavy atom. The van der Waals surface area contributed by atoms with Crippen molar-refractivity contribution in [1.29, 1.82) is 0 Å². The Hall–Kier alpha value is -3.23. The van der Waals surface area contributed by atoms with Crippen LogP contribution in [0.15, 0.2) is 23.8 Å². The third kappa shape index (κ3) is 6.70. The minimum Gasteiger partial charge on any atom is -0.487 e. The first-order valence-corrected chi connectivity index (χ1v) is 9.72. The molecule has 1 aliphatic heterocycles. The summed E-state index contributed by atoms with van der Waals surface area (Å²) in [5, 5.41) is 15.3. The molecule has 1 heterocycles. The number of nitrogens with one attached hydrogen (secondary N) is 2. The van der Waals surface area contributed by atoms with Crippen molar-refractivity contribution in [1.82, 2.24) is 10.6 Å². The number of nitro groups is 1. The van der Waals surface area contributed by atoms with E-state index in [1.54, 1.807) is 0 Å². The van der Waals surface area contributed by atoms with Crippen LogP contribution in [0.4, 0.5) is 10.5 Å². The predicted octanol–water partition coefficient (Wildman–Crippen LogP) is 3.47. The van der Waals surface area contributed by atoms with Gasteiger partial charge in [0.15, 0.2) is 5.75 Å². The molecule has 0 saturated carbocycles. The van der Waals surface area contributed by atoms with Crippen LogP contribution in [0.25, 0.3) is 6.08 Å². The number of hydrogen-bond acceptors (Lipinski definition) is 6. The zero-order chi connectivity index (χ0) is 21.2. The van der Waals surface area contributed by atoms with Crippen LogP contribution in [0.1, 0.15) is 57.4 Å². The number of amides is 4. The van der Waals surface area contributed by atoms with Crippen molar-refractivity contribution < 1.29 is 24.0 Å². The summed E-state index contributed by atoms with van der Waals surface area (Å²) in [6.45, 7) is 2.55. The van der Waals surface area contributed by atoms with Crippen molar-refractivity contribution >= 4 is 29.6 Å². The number of benzene rings is 1. The van der Waals surface area contributed by atoms with Crippen LogP contribution in [-0.4, -0.2) is 29.4 Å². The molecule has 0 spiro atoms. The van der Waals surface area contributed by atoms with Crippen LogP contribution >= 0.6 is 0 Å². The lowest BCUT2D eigenvalue weighted by Crippen LogP contribution is -2.51. The summed E-state index contributed by atoms with van der Waals surface area (Å²) < 4.78 is 5.56. The lowest BCUT2D eigenvalue weighted by Gasteiger charge is -2.14. The van der Waals surface area contributed by atoms with E-state index in [0.29, 0.717) is 6.61 Å². The van der Waals surface area contributed by atoms with E-state index < -0.39 is 22.8 Å². The monoisotopic (exact) mass is 403 g/mol. The Labute approximate surface area is 168 Å². The maximum Gasteiger partial charge on any atom is 0.328 e. The summed E-state index contributed by atoms with van der Waals surface area (Å²) >= 11 is 0. The number of carbonyl (C=O) groups is 3. The molecule has 156 valence electrons. The number of unbranched alkanes of at least 4 members (excludes halogenated alkanes) is 6. The minimum atomic E-state index is -0.905. The lowest BCUT2D eigenvalue weighted by molar-refractivity contribution is -0.385. The molecule has 0 unspecified atom stereocenters. The molecule has 0 radical (unpaired) electrons.